The second-order valence-electron chi connectivity index (χ2n) is 7.87. The Bertz CT molecular complexity index is 1330. The molecule has 3 rings (SSSR count). The molecular weight excluding hydrogens is 606 g/mol. The molecule has 2 aromatic carbocycles. The lowest BCUT2D eigenvalue weighted by Crippen LogP contribution is -2.42. The van der Waals surface area contributed by atoms with Gasteiger partial charge in [0.05, 0.1) is 11.3 Å². The largest absolute Gasteiger partial charge is 0.428 e. The molecule has 1 heterocycles. The van der Waals surface area contributed by atoms with E-state index in [1.165, 1.54) is 18.2 Å². The van der Waals surface area contributed by atoms with Crippen LogP contribution in [0.15, 0.2) is 46.9 Å². The summed E-state index contributed by atoms with van der Waals surface area (Å²) in [5, 5.41) is 2.39. The van der Waals surface area contributed by atoms with E-state index in [9.17, 15) is 39.6 Å². The lowest BCUT2D eigenvalue weighted by molar-refractivity contribution is -0.269. The van der Waals surface area contributed by atoms with Crippen LogP contribution in [0.1, 0.15) is 22.3 Å². The summed E-state index contributed by atoms with van der Waals surface area (Å²) >= 11 is 8.99. The minimum absolute atomic E-state index is 0.0289. The Hall–Kier alpha value is -2.29. The van der Waals surface area contributed by atoms with Crippen molar-refractivity contribution in [2.75, 3.05) is 12.0 Å². The van der Waals surface area contributed by atoms with E-state index in [1.54, 1.807) is 0 Å². The Kier molecular flexibility index (Phi) is 7.76. The van der Waals surface area contributed by atoms with Gasteiger partial charge < -0.3 is 5.32 Å². The molecule has 1 atom stereocenters. The van der Waals surface area contributed by atoms with Gasteiger partial charge in [-0.3, -0.25) is 15.1 Å². The topological polar surface area (TPSA) is 84.5 Å². The van der Waals surface area contributed by atoms with Gasteiger partial charge in [-0.25, -0.2) is 8.42 Å². The zero-order valence-electron chi connectivity index (χ0n) is 18.0. The van der Waals surface area contributed by atoms with Crippen molar-refractivity contribution in [1.82, 2.24) is 10.8 Å². The first-order valence-corrected chi connectivity index (χ1v) is 13.0. The van der Waals surface area contributed by atoms with Gasteiger partial charge in [0.15, 0.2) is 9.84 Å². The van der Waals surface area contributed by atoms with E-state index in [2.05, 4.69) is 26.7 Å². The molecule has 0 aliphatic carbocycles. The number of rotatable bonds is 6. The van der Waals surface area contributed by atoms with Crippen molar-refractivity contribution >= 4 is 49.0 Å². The number of amides is 1. The summed E-state index contributed by atoms with van der Waals surface area (Å²) < 4.78 is 104. The number of carbonyl (C=O) groups excluding carboxylic acids is 1. The van der Waals surface area contributed by atoms with E-state index >= 15 is 0 Å². The highest BCUT2D eigenvalue weighted by molar-refractivity contribution is 9.10. The standard InChI is InChI=1S/C21H16BrClF6N2O4S/c1-36(33,34)10-18(32)30-9-12-3-2-11(4-16(12)23)17-8-19(35-31-17,21(27,28)29)13-5-14(20(24,25)26)7-15(22)6-13/h2-8,31H,9-10H2,1H3,(H,30,32). The Balaban J connectivity index is 1.94. The van der Waals surface area contributed by atoms with E-state index in [1.807, 2.05) is 0 Å². The normalized spacial score (nSPS) is 18.5. The van der Waals surface area contributed by atoms with Crippen LogP contribution in [0.3, 0.4) is 0 Å². The summed E-state index contributed by atoms with van der Waals surface area (Å²) in [7, 11) is -3.55. The summed E-state index contributed by atoms with van der Waals surface area (Å²) in [4.78, 5) is 16.5. The Morgan fingerprint density at radius 3 is 2.36 bits per heavy atom. The molecule has 15 heteroatoms. The third-order valence-electron chi connectivity index (χ3n) is 4.98. The number of hydrogen-bond donors (Lipinski definition) is 2. The highest BCUT2D eigenvalue weighted by Gasteiger charge is 2.60. The van der Waals surface area contributed by atoms with E-state index in [-0.39, 0.29) is 27.3 Å². The molecule has 2 N–H and O–H groups in total. The van der Waals surface area contributed by atoms with E-state index < -0.39 is 50.6 Å². The van der Waals surface area contributed by atoms with Crippen molar-refractivity contribution in [2.45, 2.75) is 24.5 Å². The maximum absolute atomic E-state index is 14.2. The number of hydroxylamine groups is 1. The summed E-state index contributed by atoms with van der Waals surface area (Å²) in [6.07, 6.45) is -8.56. The predicted octanol–water partition coefficient (Wildman–Crippen LogP) is 5.12. The third-order valence-corrected chi connectivity index (χ3v) is 6.57. The lowest BCUT2D eigenvalue weighted by Gasteiger charge is -2.29. The molecule has 0 radical (unpaired) electrons. The van der Waals surface area contributed by atoms with Crippen LogP contribution in [-0.4, -0.2) is 32.5 Å². The molecule has 1 aliphatic rings. The monoisotopic (exact) mass is 620 g/mol. The predicted molar refractivity (Wildman–Crippen MR) is 122 cm³/mol. The number of halogens is 8. The molecule has 6 nitrogen and oxygen atoms in total. The molecule has 0 saturated heterocycles. The molecule has 0 spiro atoms. The smallest absolute Gasteiger partial charge is 0.351 e. The molecule has 0 fully saturated rings. The van der Waals surface area contributed by atoms with Crippen LogP contribution in [0.25, 0.3) is 5.70 Å². The number of benzene rings is 2. The third kappa shape index (κ3) is 6.33. The van der Waals surface area contributed by atoms with Gasteiger partial charge in [-0.15, -0.1) is 0 Å². The van der Waals surface area contributed by atoms with Gasteiger partial charge in [0, 0.05) is 33.4 Å². The van der Waals surface area contributed by atoms with Crippen LogP contribution < -0.4 is 10.8 Å². The van der Waals surface area contributed by atoms with Gasteiger partial charge in [0.25, 0.3) is 0 Å². The number of carbonyl (C=O) groups is 1. The summed E-state index contributed by atoms with van der Waals surface area (Å²) in [6.45, 7) is -0.152. The highest BCUT2D eigenvalue weighted by atomic mass is 79.9. The average Bonchev–Trinajstić information content (AvgIpc) is 3.17. The second-order valence-corrected chi connectivity index (χ2v) is 11.3. The molecule has 1 amide bonds. The second kappa shape index (κ2) is 9.88. The number of alkyl halides is 6. The summed E-state index contributed by atoms with van der Waals surface area (Å²) in [5.74, 6) is -1.50. The number of nitrogens with one attached hydrogen (secondary N) is 2. The quantitative estimate of drug-likeness (QED) is 0.438. The zero-order chi connectivity index (χ0) is 27.1. The first-order valence-electron chi connectivity index (χ1n) is 9.76. The van der Waals surface area contributed by atoms with E-state index in [4.69, 9.17) is 16.4 Å². The molecular formula is C21H16BrClF6N2O4S. The lowest BCUT2D eigenvalue weighted by atomic mass is 9.90. The SMILES string of the molecule is CS(=O)(=O)CC(=O)NCc1ccc(C2=CC(c3cc(Br)cc(C(F)(F)F)c3)(C(F)(F)F)ON2)cc1Cl. The van der Waals surface area contributed by atoms with Crippen molar-refractivity contribution in [3.05, 3.63) is 74.2 Å². The fourth-order valence-corrected chi connectivity index (χ4v) is 4.61. The fourth-order valence-electron chi connectivity index (χ4n) is 3.29. The minimum atomic E-state index is -5.15. The van der Waals surface area contributed by atoms with Crippen LogP contribution >= 0.6 is 27.5 Å². The molecule has 1 aliphatic heterocycles. The van der Waals surface area contributed by atoms with Crippen molar-refractivity contribution in [3.8, 4) is 0 Å². The molecule has 0 bridgehead atoms. The Morgan fingerprint density at radius 2 is 1.81 bits per heavy atom. The van der Waals surface area contributed by atoms with Crippen molar-refractivity contribution < 1.29 is 44.4 Å². The minimum Gasteiger partial charge on any atom is -0.351 e. The van der Waals surface area contributed by atoms with Gasteiger partial charge in [-0.05, 0) is 35.9 Å². The zero-order valence-corrected chi connectivity index (χ0v) is 21.2. The van der Waals surface area contributed by atoms with Crippen LogP contribution in [-0.2, 0) is 37.8 Å². The van der Waals surface area contributed by atoms with Crippen LogP contribution in [0.2, 0.25) is 5.02 Å². The molecule has 0 saturated carbocycles. The van der Waals surface area contributed by atoms with Crippen molar-refractivity contribution in [3.63, 3.8) is 0 Å². The molecule has 196 valence electrons. The molecule has 36 heavy (non-hydrogen) atoms. The van der Waals surface area contributed by atoms with Crippen LogP contribution in [0.4, 0.5) is 26.3 Å². The maximum atomic E-state index is 14.2. The van der Waals surface area contributed by atoms with Crippen LogP contribution in [0.5, 0.6) is 0 Å². The van der Waals surface area contributed by atoms with Gasteiger partial charge in [0.2, 0.25) is 11.5 Å². The first kappa shape index (κ1) is 28.3. The Morgan fingerprint density at radius 1 is 1.14 bits per heavy atom. The average molecular weight is 622 g/mol. The van der Waals surface area contributed by atoms with Gasteiger partial charge in [-0.1, -0.05) is 39.7 Å². The highest BCUT2D eigenvalue weighted by Crippen LogP contribution is 2.49. The maximum Gasteiger partial charge on any atom is 0.428 e. The Labute approximate surface area is 214 Å². The van der Waals surface area contributed by atoms with E-state index in [0.717, 1.165) is 12.3 Å². The van der Waals surface area contributed by atoms with Crippen LogP contribution in [0, 0.1) is 0 Å². The fraction of sp³-hybridized carbons (Fsp3) is 0.286. The summed E-state index contributed by atoms with van der Waals surface area (Å²) in [6, 6.07) is 5.87. The summed E-state index contributed by atoms with van der Waals surface area (Å²) in [5.41, 5.74) is -2.99. The molecule has 1 unspecified atom stereocenters. The van der Waals surface area contributed by atoms with Crippen molar-refractivity contribution in [2.24, 2.45) is 0 Å². The van der Waals surface area contributed by atoms with E-state index in [0.29, 0.717) is 23.8 Å². The molecule has 0 aromatic heterocycles. The molecule has 2 aromatic rings. The van der Waals surface area contributed by atoms with Gasteiger partial charge in [0.1, 0.15) is 5.75 Å². The van der Waals surface area contributed by atoms with Gasteiger partial charge in [-0.2, -0.15) is 26.3 Å². The number of sulfone groups is 1. The van der Waals surface area contributed by atoms with Crippen molar-refractivity contribution in [1.29, 1.82) is 0 Å². The van der Waals surface area contributed by atoms with Gasteiger partial charge >= 0.3 is 12.4 Å². The number of hydrogen-bond acceptors (Lipinski definition) is 5. The first-order chi connectivity index (χ1) is 16.4.